The summed E-state index contributed by atoms with van der Waals surface area (Å²) in [6.45, 7) is 27.1. The molecule has 10 unspecified atom stereocenters. The molecule has 5 aliphatic rings. The summed E-state index contributed by atoms with van der Waals surface area (Å²) in [6, 6.07) is 0. The van der Waals surface area contributed by atoms with Gasteiger partial charge in [0.25, 0.3) is 0 Å². The molecule has 2 spiro atoms. The van der Waals surface area contributed by atoms with Gasteiger partial charge < -0.3 is 38.0 Å². The topological polar surface area (TPSA) is 243 Å². The quantitative estimate of drug-likeness (QED) is 0.0522. The fourth-order valence-corrected chi connectivity index (χ4v) is 19.3. The average Bonchev–Trinajstić information content (AvgIpc) is 3.92. The zero-order chi connectivity index (χ0) is 46.5. The zero-order valence-corrected chi connectivity index (χ0v) is 50.2. The van der Waals surface area contributed by atoms with E-state index in [-0.39, 0.29) is 141 Å². The minimum Gasteiger partial charge on any atom is -0.870 e. The average molecular weight is 1050 g/mol. The fraction of sp³-hybridized carbons (Fsp3) is 1.00. The molecule has 0 saturated carbocycles. The first-order valence-electron chi connectivity index (χ1n) is 25.1. The summed E-state index contributed by atoms with van der Waals surface area (Å²) >= 11 is 0. The summed E-state index contributed by atoms with van der Waals surface area (Å²) in [5.41, 5.74) is 0. The molecule has 2 N–H and O–H groups in total. The summed E-state index contributed by atoms with van der Waals surface area (Å²) in [5.74, 6) is 1.67. The Labute approximate surface area is 452 Å². The first-order valence-corrected chi connectivity index (χ1v) is 31.9. The molecule has 0 radical (unpaired) electrons. The Morgan fingerprint density at radius 3 is 1.10 bits per heavy atom. The van der Waals surface area contributed by atoms with Crippen molar-refractivity contribution >= 4 is 39.9 Å². The van der Waals surface area contributed by atoms with Crippen LogP contribution < -0.4 is 59.1 Å². The number of likely N-dealkylation sites (tertiary alicyclic amines) is 2. The van der Waals surface area contributed by atoms with E-state index in [0.29, 0.717) is 41.6 Å². The molecule has 16 nitrogen and oxygen atoms in total. The van der Waals surface area contributed by atoms with Crippen LogP contribution in [0.2, 0.25) is 0 Å². The second-order valence-corrected chi connectivity index (χ2v) is 29.4. The molecular weight excluding hydrogens is 963 g/mol. The second-order valence-electron chi connectivity index (χ2n) is 22.0. The van der Waals surface area contributed by atoms with Crippen molar-refractivity contribution in [2.75, 3.05) is 139 Å². The van der Waals surface area contributed by atoms with Gasteiger partial charge in [0.2, 0.25) is 0 Å². The maximum Gasteiger partial charge on any atom is 1.00 e. The Balaban J connectivity index is 0.00000561. The molecule has 5 heterocycles. The van der Waals surface area contributed by atoms with Crippen LogP contribution in [0.3, 0.4) is 0 Å². The second kappa shape index (κ2) is 27.3. The van der Waals surface area contributed by atoms with Crippen LogP contribution >= 0.6 is 0 Å². The number of rotatable bonds is 25. The van der Waals surface area contributed by atoms with Gasteiger partial charge in [0.1, 0.15) is 26.2 Å². The van der Waals surface area contributed by atoms with Crippen LogP contribution in [0.1, 0.15) is 99.3 Å². The number of hydrogen-bond donors (Lipinski definition) is 0. The molecule has 67 heavy (non-hydrogen) atoms. The van der Waals surface area contributed by atoms with Crippen molar-refractivity contribution in [1.82, 2.24) is 0 Å². The number of hydrogen-bond acceptors (Lipinski definition) is 12. The van der Waals surface area contributed by atoms with E-state index in [0.717, 1.165) is 107 Å². The van der Waals surface area contributed by atoms with Gasteiger partial charge in [0, 0.05) is 77.4 Å². The molecule has 5 saturated heterocycles. The Kier molecular flexibility index (Phi) is 27.1. The van der Waals surface area contributed by atoms with E-state index < -0.39 is 51.4 Å². The summed E-state index contributed by atoms with van der Waals surface area (Å²) in [7, 11) is -15.5. The third kappa shape index (κ3) is 18.7. The van der Waals surface area contributed by atoms with Gasteiger partial charge in [0.05, 0.1) is 116 Å². The standard InChI is InChI=1S/C45H88N4O10S4.2Na.2H2O/c1-7-15-40-29-46(11-5,18-13-25-62(54,55)56)33-44(40)36-61(52,53)37-45-34-49(22-20-48(21-23-49)27-38(9-3)39(10-4)28-48)31-42(45)17-16-41-30-47(12-6,19-14-26-63(57,58)59)32-43(41)35-60(50,51)24-8-2;;;;/h38-45H,7-37H2,1-6H3;;;2*1H2/q+2;2*+1;;/p-2. The van der Waals surface area contributed by atoms with E-state index >= 15 is 0 Å². The van der Waals surface area contributed by atoms with E-state index in [4.69, 9.17) is 0 Å². The Morgan fingerprint density at radius 2 is 0.746 bits per heavy atom. The monoisotopic (exact) mass is 1050 g/mol. The smallest absolute Gasteiger partial charge is 0.870 e. The largest absolute Gasteiger partial charge is 1.00 e. The minimum absolute atomic E-state index is 0. The molecule has 0 aromatic heterocycles. The van der Waals surface area contributed by atoms with Crippen molar-refractivity contribution in [3.63, 3.8) is 0 Å². The number of sulfone groups is 2. The summed E-state index contributed by atoms with van der Waals surface area (Å²) in [6.07, 6.45) is 7.04. The van der Waals surface area contributed by atoms with Gasteiger partial charge in [-0.1, -0.05) is 34.1 Å². The van der Waals surface area contributed by atoms with Crippen molar-refractivity contribution in [2.24, 2.45) is 47.3 Å². The molecule has 5 fully saturated rings. The van der Waals surface area contributed by atoms with Gasteiger partial charge in [-0.3, -0.25) is 0 Å². The van der Waals surface area contributed by atoms with Crippen molar-refractivity contribution in [3.8, 4) is 0 Å². The molecule has 22 heteroatoms. The molecule has 386 valence electrons. The summed E-state index contributed by atoms with van der Waals surface area (Å²) in [5, 5.41) is 0. The van der Waals surface area contributed by atoms with Crippen LogP contribution in [-0.4, -0.2) is 211 Å². The van der Waals surface area contributed by atoms with Crippen LogP contribution in [-0.2, 0) is 39.9 Å². The normalized spacial score (nSPS) is 35.5. The third-order valence-corrected chi connectivity index (χ3v) is 23.1. The van der Waals surface area contributed by atoms with Crippen LogP contribution in [0, 0.1) is 47.3 Å². The molecule has 5 aliphatic heterocycles. The molecule has 0 aliphatic carbocycles. The predicted octanol–water partition coefficient (Wildman–Crippen LogP) is -2.54. The first kappa shape index (κ1) is 66.5. The van der Waals surface area contributed by atoms with E-state index in [1.165, 1.54) is 30.4 Å². The molecule has 10 atom stereocenters. The van der Waals surface area contributed by atoms with Crippen molar-refractivity contribution in [1.29, 1.82) is 0 Å². The third-order valence-electron chi connectivity index (χ3n) is 17.7. The van der Waals surface area contributed by atoms with Gasteiger partial charge in [0.15, 0.2) is 19.7 Å². The fourth-order valence-electron chi connectivity index (χ4n) is 14.3. The molecule has 0 bridgehead atoms. The molecular formula is C45H90N4Na2O12S4+2. The van der Waals surface area contributed by atoms with E-state index in [1.54, 1.807) is 0 Å². The Hall–Kier alpha value is 1.48. The number of nitrogens with zero attached hydrogens (tertiary/aromatic N) is 4. The Bertz CT molecular complexity index is 1950. The SMILES string of the molecule is CCCC1C[N+](CC)(CCCS(=O)(=O)[O-])CC1CS(=O)(=O)CC1C[N+]2(CC[N+]3(CC2)CC(CC)C(CC)C3)CC1CCC1C[N+](CC)(CCCS(=O)(=O)[O-])CC1CS(=O)(=O)CCC.[Na+].[Na+].[OH-].[OH-]. The van der Waals surface area contributed by atoms with Gasteiger partial charge in [-0.25, -0.2) is 33.7 Å². The molecule has 0 aromatic rings. The number of quaternary nitrogens is 4. The maximum atomic E-state index is 14.7. The first-order chi connectivity index (χ1) is 29.4. The Morgan fingerprint density at radius 1 is 0.418 bits per heavy atom. The summed E-state index contributed by atoms with van der Waals surface area (Å²) < 4.78 is 129. The predicted molar refractivity (Wildman–Crippen MR) is 253 cm³/mol. The molecule has 0 amide bonds. The van der Waals surface area contributed by atoms with Crippen LogP contribution in [0.5, 0.6) is 0 Å². The van der Waals surface area contributed by atoms with Gasteiger partial charge in [-0.15, -0.1) is 0 Å². The van der Waals surface area contributed by atoms with Gasteiger partial charge in [-0.2, -0.15) is 0 Å². The van der Waals surface area contributed by atoms with Crippen molar-refractivity contribution in [3.05, 3.63) is 0 Å². The van der Waals surface area contributed by atoms with E-state index in [1.807, 2.05) is 6.92 Å². The van der Waals surface area contributed by atoms with E-state index in [9.17, 15) is 42.8 Å². The summed E-state index contributed by atoms with van der Waals surface area (Å²) in [4.78, 5) is 0. The van der Waals surface area contributed by atoms with Crippen LogP contribution in [0.25, 0.3) is 0 Å². The van der Waals surface area contributed by atoms with E-state index in [2.05, 4.69) is 34.6 Å². The number of piperazine rings is 1. The van der Waals surface area contributed by atoms with Crippen LogP contribution in [0.4, 0.5) is 0 Å². The van der Waals surface area contributed by atoms with Crippen molar-refractivity contribution in [2.45, 2.75) is 99.3 Å². The minimum atomic E-state index is -4.36. The molecule has 0 aromatic carbocycles. The van der Waals surface area contributed by atoms with Crippen LogP contribution in [0.15, 0.2) is 0 Å². The van der Waals surface area contributed by atoms with Crippen molar-refractivity contribution < 1.29 is 131 Å². The van der Waals surface area contributed by atoms with Gasteiger partial charge >= 0.3 is 59.1 Å². The van der Waals surface area contributed by atoms with Gasteiger partial charge in [-0.05, 0) is 52.4 Å². The molecule has 5 rings (SSSR count). The maximum absolute atomic E-state index is 14.7. The zero-order valence-electron chi connectivity index (χ0n) is 42.9.